The smallest absolute Gasteiger partial charge is 0.266 e. The number of hydroxylamine groups is 1. The van der Waals surface area contributed by atoms with Gasteiger partial charge < -0.3 is 0 Å². The molecule has 4 rings (SSSR count). The molecule has 2 aliphatic rings. The van der Waals surface area contributed by atoms with E-state index in [1.807, 2.05) is 61.5 Å². The van der Waals surface area contributed by atoms with Crippen LogP contribution in [0.25, 0.3) is 0 Å². The van der Waals surface area contributed by atoms with Crippen LogP contribution in [0, 0.1) is 18.8 Å². The molecule has 5 nitrogen and oxygen atoms in total. The molecule has 0 N–H and O–H groups in total. The number of nitrogens with zero attached hydrogens (tertiary/aromatic N) is 2. The zero-order chi connectivity index (χ0) is 19.1. The van der Waals surface area contributed by atoms with Crippen molar-refractivity contribution in [3.63, 3.8) is 0 Å². The van der Waals surface area contributed by atoms with Gasteiger partial charge in [-0.15, -0.1) is 0 Å². The van der Waals surface area contributed by atoms with E-state index in [4.69, 9.17) is 4.84 Å². The average molecular weight is 364 g/mol. The Kier molecular flexibility index (Phi) is 4.48. The van der Waals surface area contributed by atoms with Crippen LogP contribution in [0.3, 0.4) is 0 Å². The maximum absolute atomic E-state index is 13.3. The van der Waals surface area contributed by atoms with Crippen molar-refractivity contribution in [2.45, 2.75) is 39.3 Å². The van der Waals surface area contributed by atoms with Gasteiger partial charge in [-0.05, 0) is 43.0 Å². The fraction of sp³-hybridized carbons (Fsp3) is 0.364. The zero-order valence-corrected chi connectivity index (χ0v) is 15.8. The Morgan fingerprint density at radius 1 is 0.963 bits per heavy atom. The summed E-state index contributed by atoms with van der Waals surface area (Å²) >= 11 is 0. The number of imide groups is 1. The lowest BCUT2D eigenvalue weighted by Gasteiger charge is -2.29. The summed E-state index contributed by atoms with van der Waals surface area (Å²) in [7, 11) is 0. The molecule has 0 spiro atoms. The molecule has 2 heterocycles. The minimum Gasteiger partial charge on any atom is -0.273 e. The van der Waals surface area contributed by atoms with E-state index in [1.165, 1.54) is 4.90 Å². The van der Waals surface area contributed by atoms with Gasteiger partial charge >= 0.3 is 0 Å². The molecule has 2 fully saturated rings. The quantitative estimate of drug-likeness (QED) is 0.776. The number of hydrogen-bond donors (Lipinski definition) is 0. The monoisotopic (exact) mass is 364 g/mol. The molecule has 0 saturated carbocycles. The minimum atomic E-state index is -0.763. The van der Waals surface area contributed by atoms with Crippen molar-refractivity contribution < 1.29 is 14.4 Å². The Morgan fingerprint density at radius 2 is 1.63 bits per heavy atom. The lowest BCUT2D eigenvalue weighted by atomic mass is 9.90. The Bertz CT molecular complexity index is 865. The average Bonchev–Trinajstić information content (AvgIpc) is 3.13. The number of anilines is 2. The van der Waals surface area contributed by atoms with E-state index in [0.29, 0.717) is 11.6 Å². The summed E-state index contributed by atoms with van der Waals surface area (Å²) in [6.07, 6.45) is 0.0116. The first-order valence-corrected chi connectivity index (χ1v) is 9.43. The summed E-state index contributed by atoms with van der Waals surface area (Å²) in [5.74, 6) is -0.548. The van der Waals surface area contributed by atoms with Crippen molar-refractivity contribution >= 4 is 23.2 Å². The molecule has 2 saturated heterocycles. The highest BCUT2D eigenvalue weighted by Gasteiger charge is 2.59. The highest BCUT2D eigenvalue weighted by Crippen LogP contribution is 2.42. The molecule has 0 radical (unpaired) electrons. The van der Waals surface area contributed by atoms with Crippen molar-refractivity contribution in [1.29, 1.82) is 0 Å². The van der Waals surface area contributed by atoms with Crippen molar-refractivity contribution in [3.8, 4) is 0 Å². The fourth-order valence-corrected chi connectivity index (χ4v) is 4.10. The number of carbonyl (C=O) groups excluding carboxylic acids is 2. The van der Waals surface area contributed by atoms with E-state index in [1.54, 1.807) is 5.06 Å². The van der Waals surface area contributed by atoms with Gasteiger partial charge in [-0.2, -0.15) is 0 Å². The van der Waals surface area contributed by atoms with Crippen LogP contribution < -0.4 is 9.96 Å². The van der Waals surface area contributed by atoms with Gasteiger partial charge in [-0.3, -0.25) is 14.4 Å². The molecule has 140 valence electrons. The van der Waals surface area contributed by atoms with E-state index < -0.39 is 12.0 Å². The number of rotatable bonds is 4. The molecule has 2 aliphatic heterocycles. The van der Waals surface area contributed by atoms with Gasteiger partial charge in [0, 0.05) is 0 Å². The number of hydrogen-bond acceptors (Lipinski definition) is 4. The van der Waals surface area contributed by atoms with E-state index in [-0.39, 0.29) is 17.9 Å². The Balaban J connectivity index is 1.71. The maximum atomic E-state index is 13.3. The number of carbonyl (C=O) groups is 2. The summed E-state index contributed by atoms with van der Waals surface area (Å²) in [4.78, 5) is 33.8. The van der Waals surface area contributed by atoms with Crippen LogP contribution in [-0.2, 0) is 14.4 Å². The van der Waals surface area contributed by atoms with Gasteiger partial charge in [0.2, 0.25) is 5.91 Å². The Hall–Kier alpha value is -2.66. The van der Waals surface area contributed by atoms with Crippen LogP contribution in [0.1, 0.15) is 25.8 Å². The van der Waals surface area contributed by atoms with Crippen molar-refractivity contribution in [3.05, 3.63) is 60.2 Å². The molecule has 3 atom stereocenters. The van der Waals surface area contributed by atoms with E-state index in [9.17, 15) is 9.59 Å². The van der Waals surface area contributed by atoms with Crippen LogP contribution >= 0.6 is 0 Å². The third kappa shape index (κ3) is 2.92. The number of fused-ring (bicyclic) bond motifs is 1. The SMILES string of the molecule is Cc1ccccc1N1C(=O)[C@H]2[C@H](ON(c3ccccc3)[C@H]2CC(C)C)C1=O. The number of amides is 2. The molecule has 27 heavy (non-hydrogen) atoms. The molecular formula is C22H24N2O3. The molecule has 0 aliphatic carbocycles. The minimum absolute atomic E-state index is 0.164. The molecule has 0 bridgehead atoms. The second kappa shape index (κ2) is 6.82. The molecular weight excluding hydrogens is 340 g/mol. The van der Waals surface area contributed by atoms with Crippen LogP contribution in [0.15, 0.2) is 54.6 Å². The predicted octanol–water partition coefficient (Wildman–Crippen LogP) is 3.72. The third-order valence-corrected chi connectivity index (χ3v) is 5.32. The lowest BCUT2D eigenvalue weighted by molar-refractivity contribution is -0.126. The van der Waals surface area contributed by atoms with Gasteiger partial charge in [-0.25, -0.2) is 9.96 Å². The molecule has 5 heteroatoms. The Labute approximate surface area is 159 Å². The summed E-state index contributed by atoms with van der Waals surface area (Å²) < 4.78 is 0. The first-order valence-electron chi connectivity index (χ1n) is 9.43. The zero-order valence-electron chi connectivity index (χ0n) is 15.8. The van der Waals surface area contributed by atoms with E-state index in [0.717, 1.165) is 17.7 Å². The van der Waals surface area contributed by atoms with E-state index in [2.05, 4.69) is 13.8 Å². The number of para-hydroxylation sites is 2. The molecule has 0 unspecified atom stereocenters. The van der Waals surface area contributed by atoms with Crippen molar-refractivity contribution in [1.82, 2.24) is 0 Å². The normalized spacial score (nSPS) is 24.8. The molecule has 2 aromatic rings. The van der Waals surface area contributed by atoms with E-state index >= 15 is 0 Å². The standard InChI is InChI=1S/C22H24N2O3/c1-14(2)13-18-19-20(27-24(18)16-10-5-4-6-11-16)22(26)23(21(19)25)17-12-8-7-9-15(17)3/h4-12,14,18-20H,13H2,1-3H3/t18-,19+,20-/m0/s1. The second-order valence-corrected chi connectivity index (χ2v) is 7.71. The molecule has 2 aromatic carbocycles. The van der Waals surface area contributed by atoms with Gasteiger partial charge in [0.25, 0.3) is 5.91 Å². The first-order chi connectivity index (χ1) is 13.0. The lowest BCUT2D eigenvalue weighted by Crippen LogP contribution is -2.41. The van der Waals surface area contributed by atoms with Crippen molar-refractivity contribution in [2.75, 3.05) is 9.96 Å². The summed E-state index contributed by atoms with van der Waals surface area (Å²) in [5.41, 5.74) is 2.43. The highest BCUT2D eigenvalue weighted by atomic mass is 16.7. The fourth-order valence-electron chi connectivity index (χ4n) is 4.10. The van der Waals surface area contributed by atoms with Gasteiger partial charge in [0.1, 0.15) is 0 Å². The first kappa shape index (κ1) is 17.7. The van der Waals surface area contributed by atoms with Gasteiger partial charge in [0.05, 0.1) is 23.3 Å². The summed E-state index contributed by atoms with van der Waals surface area (Å²) in [6, 6.07) is 17.0. The highest BCUT2D eigenvalue weighted by molar-refractivity contribution is 6.24. The summed E-state index contributed by atoms with van der Waals surface area (Å²) in [5, 5.41) is 1.78. The van der Waals surface area contributed by atoms with Gasteiger partial charge in [-0.1, -0.05) is 50.2 Å². The maximum Gasteiger partial charge on any atom is 0.266 e. The van der Waals surface area contributed by atoms with Crippen LogP contribution in [0.4, 0.5) is 11.4 Å². The second-order valence-electron chi connectivity index (χ2n) is 7.71. The van der Waals surface area contributed by atoms with Crippen LogP contribution in [0.5, 0.6) is 0 Å². The molecule has 0 aromatic heterocycles. The molecule has 2 amide bonds. The van der Waals surface area contributed by atoms with Crippen molar-refractivity contribution in [2.24, 2.45) is 11.8 Å². The topological polar surface area (TPSA) is 49.9 Å². The summed E-state index contributed by atoms with van der Waals surface area (Å²) in [6.45, 7) is 6.15. The largest absolute Gasteiger partial charge is 0.273 e. The van der Waals surface area contributed by atoms with Crippen LogP contribution in [-0.4, -0.2) is 24.0 Å². The Morgan fingerprint density at radius 3 is 2.30 bits per heavy atom. The predicted molar refractivity (Wildman–Crippen MR) is 104 cm³/mol. The van der Waals surface area contributed by atoms with Gasteiger partial charge in [0.15, 0.2) is 6.10 Å². The number of benzene rings is 2. The number of aryl methyl sites for hydroxylation is 1. The van der Waals surface area contributed by atoms with Crippen LogP contribution in [0.2, 0.25) is 0 Å². The third-order valence-electron chi connectivity index (χ3n) is 5.32.